The topological polar surface area (TPSA) is 50.8 Å². The first-order chi connectivity index (χ1) is 9.51. The highest BCUT2D eigenvalue weighted by Gasteiger charge is 2.09. The van der Waals surface area contributed by atoms with E-state index in [1.807, 2.05) is 19.1 Å². The van der Waals surface area contributed by atoms with Gasteiger partial charge in [0.25, 0.3) is 0 Å². The molecule has 0 radical (unpaired) electrons. The fraction of sp³-hybridized carbons (Fsp3) is 0.400. The molecule has 0 atom stereocenters. The summed E-state index contributed by atoms with van der Waals surface area (Å²) in [6.45, 7) is 6.30. The third-order valence-corrected chi connectivity index (χ3v) is 3.47. The van der Waals surface area contributed by atoms with Gasteiger partial charge in [0.2, 0.25) is 5.88 Å². The molecule has 2 aromatic rings. The van der Waals surface area contributed by atoms with Crippen molar-refractivity contribution in [1.82, 2.24) is 15.0 Å². The molecule has 0 aliphatic rings. The first-order valence-corrected chi connectivity index (χ1v) is 7.00. The Morgan fingerprint density at radius 3 is 2.60 bits per heavy atom. The molecule has 20 heavy (non-hydrogen) atoms. The van der Waals surface area contributed by atoms with Crippen molar-refractivity contribution in [3.05, 3.63) is 45.6 Å². The molecule has 2 aromatic heterocycles. The molecule has 0 unspecified atom stereocenters. The van der Waals surface area contributed by atoms with Gasteiger partial charge in [0.15, 0.2) is 0 Å². The molecule has 0 amide bonds. The molecule has 0 bridgehead atoms. The highest BCUT2D eigenvalue weighted by Crippen LogP contribution is 2.19. The summed E-state index contributed by atoms with van der Waals surface area (Å²) in [5.74, 6) is 1.85. The number of aromatic amines is 1. The highest BCUT2D eigenvalue weighted by atomic mass is 32.1. The van der Waals surface area contributed by atoms with Gasteiger partial charge >= 0.3 is 0 Å². The van der Waals surface area contributed by atoms with E-state index in [0.717, 1.165) is 22.6 Å². The SMILES string of the molecule is COc1ccc(Cc2nc(=S)c(C(C)C)c(C)[nH]2)cn1. The van der Waals surface area contributed by atoms with Crippen molar-refractivity contribution < 1.29 is 4.74 Å². The number of aromatic nitrogens is 3. The fourth-order valence-electron chi connectivity index (χ4n) is 2.25. The molecule has 5 heteroatoms. The van der Waals surface area contributed by atoms with Crippen molar-refractivity contribution in [2.45, 2.75) is 33.1 Å². The normalized spacial score (nSPS) is 10.8. The minimum absolute atomic E-state index is 0.378. The van der Waals surface area contributed by atoms with Crippen molar-refractivity contribution in [3.63, 3.8) is 0 Å². The van der Waals surface area contributed by atoms with E-state index in [1.165, 1.54) is 0 Å². The highest BCUT2D eigenvalue weighted by molar-refractivity contribution is 7.71. The summed E-state index contributed by atoms with van der Waals surface area (Å²) in [7, 11) is 1.61. The molecule has 0 aliphatic heterocycles. The summed E-state index contributed by atoms with van der Waals surface area (Å²) in [4.78, 5) is 12.0. The van der Waals surface area contributed by atoms with Crippen LogP contribution in [0.5, 0.6) is 5.88 Å². The van der Waals surface area contributed by atoms with Gasteiger partial charge in [0.05, 0.1) is 7.11 Å². The summed E-state index contributed by atoms with van der Waals surface area (Å²) < 4.78 is 5.74. The molecule has 106 valence electrons. The van der Waals surface area contributed by atoms with Crippen molar-refractivity contribution in [2.75, 3.05) is 7.11 Å². The minimum Gasteiger partial charge on any atom is -0.481 e. The Hall–Kier alpha value is -1.75. The predicted octanol–water partition coefficient (Wildman–Crippen LogP) is 3.57. The van der Waals surface area contributed by atoms with Crippen LogP contribution >= 0.6 is 12.2 Å². The number of aryl methyl sites for hydroxylation is 1. The van der Waals surface area contributed by atoms with Crippen molar-refractivity contribution in [2.24, 2.45) is 0 Å². The second-order valence-electron chi connectivity index (χ2n) is 5.07. The quantitative estimate of drug-likeness (QED) is 0.874. The smallest absolute Gasteiger partial charge is 0.212 e. The first-order valence-electron chi connectivity index (χ1n) is 6.60. The van der Waals surface area contributed by atoms with E-state index in [-0.39, 0.29) is 0 Å². The lowest BCUT2D eigenvalue weighted by atomic mass is 10.0. The maximum atomic E-state index is 5.39. The lowest BCUT2D eigenvalue weighted by molar-refractivity contribution is 0.397. The molecule has 0 aromatic carbocycles. The van der Waals surface area contributed by atoms with Crippen LogP contribution in [0.3, 0.4) is 0 Å². The van der Waals surface area contributed by atoms with E-state index in [2.05, 4.69) is 28.8 Å². The molecule has 0 spiro atoms. The Bertz CT molecular complexity index is 647. The minimum atomic E-state index is 0.378. The molecule has 2 heterocycles. The van der Waals surface area contributed by atoms with Gasteiger partial charge in [-0.2, -0.15) is 0 Å². The van der Waals surface area contributed by atoms with E-state index in [9.17, 15) is 0 Å². The number of hydrogen-bond donors (Lipinski definition) is 1. The molecule has 0 saturated carbocycles. The van der Waals surface area contributed by atoms with Crippen LogP contribution in [-0.4, -0.2) is 22.1 Å². The zero-order valence-corrected chi connectivity index (χ0v) is 13.0. The molecule has 2 rings (SSSR count). The number of hydrogen-bond acceptors (Lipinski definition) is 4. The van der Waals surface area contributed by atoms with Crippen LogP contribution in [0, 0.1) is 11.6 Å². The van der Waals surface area contributed by atoms with E-state index < -0.39 is 0 Å². The van der Waals surface area contributed by atoms with Crippen LogP contribution in [-0.2, 0) is 6.42 Å². The predicted molar refractivity (Wildman–Crippen MR) is 81.8 cm³/mol. The van der Waals surface area contributed by atoms with Crippen molar-refractivity contribution >= 4 is 12.2 Å². The van der Waals surface area contributed by atoms with Gasteiger partial charge in [-0.3, -0.25) is 0 Å². The van der Waals surface area contributed by atoms with Crippen LogP contribution in [0.4, 0.5) is 0 Å². The molecular weight excluding hydrogens is 270 g/mol. The lowest BCUT2D eigenvalue weighted by Gasteiger charge is -2.11. The molecule has 0 fully saturated rings. The molecule has 0 aliphatic carbocycles. The summed E-state index contributed by atoms with van der Waals surface area (Å²) in [5.41, 5.74) is 3.29. The van der Waals surface area contributed by atoms with Crippen molar-refractivity contribution in [1.29, 1.82) is 0 Å². The monoisotopic (exact) mass is 289 g/mol. The van der Waals surface area contributed by atoms with Crippen LogP contribution in [0.2, 0.25) is 0 Å². The number of rotatable bonds is 4. The zero-order chi connectivity index (χ0) is 14.7. The maximum absolute atomic E-state index is 5.39. The Morgan fingerprint density at radius 1 is 1.35 bits per heavy atom. The first kappa shape index (κ1) is 14.7. The van der Waals surface area contributed by atoms with Gasteiger partial charge in [-0.1, -0.05) is 32.1 Å². The summed E-state index contributed by atoms with van der Waals surface area (Å²) in [5, 5.41) is 0. The zero-order valence-electron chi connectivity index (χ0n) is 12.2. The van der Waals surface area contributed by atoms with Crippen LogP contribution in [0.25, 0.3) is 0 Å². The Kier molecular flexibility index (Phi) is 4.49. The van der Waals surface area contributed by atoms with E-state index in [0.29, 0.717) is 22.9 Å². The van der Waals surface area contributed by atoms with Crippen molar-refractivity contribution in [3.8, 4) is 5.88 Å². The van der Waals surface area contributed by atoms with E-state index >= 15 is 0 Å². The Morgan fingerprint density at radius 2 is 2.10 bits per heavy atom. The fourth-order valence-corrected chi connectivity index (χ4v) is 2.75. The van der Waals surface area contributed by atoms with Gasteiger partial charge in [0, 0.05) is 29.9 Å². The van der Waals surface area contributed by atoms with Gasteiger partial charge in [-0.15, -0.1) is 0 Å². The lowest BCUT2D eigenvalue weighted by Crippen LogP contribution is -2.05. The second-order valence-corrected chi connectivity index (χ2v) is 5.45. The van der Waals surface area contributed by atoms with Gasteiger partial charge in [-0.05, 0) is 18.4 Å². The largest absolute Gasteiger partial charge is 0.481 e. The van der Waals surface area contributed by atoms with Gasteiger partial charge < -0.3 is 9.72 Å². The Labute approximate surface area is 124 Å². The van der Waals surface area contributed by atoms with Gasteiger partial charge in [0.1, 0.15) is 10.5 Å². The Balaban J connectivity index is 2.27. The standard InChI is InChI=1S/C15H19N3OS/c1-9(2)14-10(3)17-12(18-15(14)20)7-11-5-6-13(19-4)16-8-11/h5-6,8-9H,7H2,1-4H3,(H,17,18,20). The van der Waals surface area contributed by atoms with E-state index in [1.54, 1.807) is 13.3 Å². The third kappa shape index (κ3) is 3.22. The average Bonchev–Trinajstić information content (AvgIpc) is 2.38. The number of nitrogens with zero attached hydrogens (tertiary/aromatic N) is 2. The molecular formula is C15H19N3OS. The number of pyridine rings is 1. The summed E-state index contributed by atoms with van der Waals surface area (Å²) in [6.07, 6.45) is 2.48. The molecule has 4 nitrogen and oxygen atoms in total. The summed E-state index contributed by atoms with van der Waals surface area (Å²) in [6, 6.07) is 3.83. The number of ether oxygens (including phenoxy) is 1. The third-order valence-electron chi connectivity index (χ3n) is 3.16. The maximum Gasteiger partial charge on any atom is 0.212 e. The van der Waals surface area contributed by atoms with Crippen LogP contribution in [0.15, 0.2) is 18.3 Å². The summed E-state index contributed by atoms with van der Waals surface area (Å²) >= 11 is 5.39. The van der Waals surface area contributed by atoms with E-state index in [4.69, 9.17) is 17.0 Å². The van der Waals surface area contributed by atoms with Crippen LogP contribution in [0.1, 0.15) is 42.4 Å². The number of nitrogens with one attached hydrogen (secondary N) is 1. The molecule has 0 saturated heterocycles. The number of H-pyrrole nitrogens is 1. The number of methoxy groups -OCH3 is 1. The average molecular weight is 289 g/mol. The van der Waals surface area contributed by atoms with Gasteiger partial charge in [-0.25, -0.2) is 9.97 Å². The second kappa shape index (κ2) is 6.13. The van der Waals surface area contributed by atoms with Crippen LogP contribution < -0.4 is 4.74 Å². The molecule has 1 N–H and O–H groups in total.